The van der Waals surface area contributed by atoms with Crippen molar-refractivity contribution in [1.82, 2.24) is 5.32 Å². The van der Waals surface area contributed by atoms with Crippen molar-refractivity contribution in [1.29, 1.82) is 0 Å². The molecule has 0 spiro atoms. The van der Waals surface area contributed by atoms with E-state index in [1.165, 1.54) is 18.4 Å². The topological polar surface area (TPSA) is 38.3 Å². The fourth-order valence-electron chi connectivity index (χ4n) is 4.93. The third-order valence-electron chi connectivity index (χ3n) is 6.74. The van der Waals surface area contributed by atoms with E-state index in [1.54, 1.807) is 0 Å². The second kappa shape index (κ2) is 10.7. The Labute approximate surface area is 198 Å². The van der Waals surface area contributed by atoms with Gasteiger partial charge in [0.1, 0.15) is 5.75 Å². The Morgan fingerprint density at radius 2 is 1.39 bits per heavy atom. The highest BCUT2D eigenvalue weighted by atomic mass is 16.5. The number of carbonyl (C=O) groups excluding carboxylic acids is 1. The van der Waals surface area contributed by atoms with Gasteiger partial charge in [0, 0.05) is 12.0 Å². The fraction of sp³-hybridized carbons (Fsp3) is 0.367. The maximum atomic E-state index is 13.5. The second-order valence-electron chi connectivity index (χ2n) is 9.69. The molecule has 1 fully saturated rings. The molecule has 0 radical (unpaired) electrons. The number of amides is 1. The molecule has 1 aliphatic carbocycles. The van der Waals surface area contributed by atoms with Crippen LogP contribution in [0.5, 0.6) is 5.75 Å². The van der Waals surface area contributed by atoms with E-state index in [2.05, 4.69) is 43.4 Å². The van der Waals surface area contributed by atoms with Crippen LogP contribution in [0.25, 0.3) is 0 Å². The Bertz CT molecular complexity index is 967. The molecule has 1 N–H and O–H groups in total. The Hall–Kier alpha value is -3.07. The van der Waals surface area contributed by atoms with Crippen molar-refractivity contribution in [3.8, 4) is 5.75 Å². The van der Waals surface area contributed by atoms with Gasteiger partial charge in [-0.3, -0.25) is 4.79 Å². The van der Waals surface area contributed by atoms with Gasteiger partial charge >= 0.3 is 0 Å². The highest BCUT2D eigenvalue weighted by Gasteiger charge is 2.36. The smallest absolute Gasteiger partial charge is 0.232 e. The van der Waals surface area contributed by atoms with Gasteiger partial charge in [-0.2, -0.15) is 0 Å². The van der Waals surface area contributed by atoms with Crippen LogP contribution in [-0.2, 0) is 10.2 Å². The molecule has 3 heteroatoms. The van der Waals surface area contributed by atoms with E-state index in [0.717, 1.165) is 36.3 Å². The lowest BCUT2D eigenvalue weighted by Gasteiger charge is -2.31. The average Bonchev–Trinajstić information content (AvgIpc) is 3.33. The van der Waals surface area contributed by atoms with Crippen molar-refractivity contribution in [3.63, 3.8) is 0 Å². The third kappa shape index (κ3) is 5.65. The van der Waals surface area contributed by atoms with E-state index < -0.39 is 0 Å². The van der Waals surface area contributed by atoms with Crippen molar-refractivity contribution in [2.75, 3.05) is 13.2 Å². The molecule has 4 rings (SSSR count). The Morgan fingerprint density at radius 1 is 0.848 bits per heavy atom. The molecule has 33 heavy (non-hydrogen) atoms. The first-order valence-electron chi connectivity index (χ1n) is 12.2. The Kier molecular flexibility index (Phi) is 7.49. The zero-order chi connectivity index (χ0) is 23.1. The summed E-state index contributed by atoms with van der Waals surface area (Å²) in [4.78, 5) is 13.5. The average molecular weight is 442 g/mol. The highest BCUT2D eigenvalue weighted by Crippen LogP contribution is 2.41. The molecule has 0 unspecified atom stereocenters. The highest BCUT2D eigenvalue weighted by molar-refractivity contribution is 5.87. The molecule has 3 nitrogen and oxygen atoms in total. The van der Waals surface area contributed by atoms with Crippen LogP contribution in [0, 0.1) is 5.92 Å². The molecule has 1 saturated carbocycles. The molecular weight excluding hydrogens is 406 g/mol. The summed E-state index contributed by atoms with van der Waals surface area (Å²) in [7, 11) is 0. The SMILES string of the molecule is CC(C)COc1ccc(C2(CNC(=O)C(c3ccccc3)c3ccccc3)CCCC2)cc1. The molecule has 0 aromatic heterocycles. The van der Waals surface area contributed by atoms with Crippen LogP contribution >= 0.6 is 0 Å². The summed E-state index contributed by atoms with van der Waals surface area (Å²) in [6.07, 6.45) is 4.59. The zero-order valence-corrected chi connectivity index (χ0v) is 19.8. The molecule has 0 atom stereocenters. The van der Waals surface area contributed by atoms with Crippen LogP contribution in [-0.4, -0.2) is 19.1 Å². The molecule has 172 valence electrons. The van der Waals surface area contributed by atoms with Crippen molar-refractivity contribution >= 4 is 5.91 Å². The molecule has 3 aromatic carbocycles. The zero-order valence-electron chi connectivity index (χ0n) is 19.8. The molecule has 0 heterocycles. The molecule has 0 bridgehead atoms. The van der Waals surface area contributed by atoms with E-state index in [9.17, 15) is 4.79 Å². The van der Waals surface area contributed by atoms with Gasteiger partial charge < -0.3 is 10.1 Å². The molecule has 3 aromatic rings. The van der Waals surface area contributed by atoms with E-state index in [0.29, 0.717) is 12.5 Å². The summed E-state index contributed by atoms with van der Waals surface area (Å²) >= 11 is 0. The Balaban J connectivity index is 1.51. The maximum absolute atomic E-state index is 13.5. The van der Waals surface area contributed by atoms with Crippen molar-refractivity contribution in [3.05, 3.63) is 102 Å². The monoisotopic (exact) mass is 441 g/mol. The van der Waals surface area contributed by atoms with Gasteiger partial charge in [0.2, 0.25) is 5.91 Å². The van der Waals surface area contributed by atoms with Gasteiger partial charge in [-0.05, 0) is 47.6 Å². The van der Waals surface area contributed by atoms with Gasteiger partial charge in [-0.15, -0.1) is 0 Å². The van der Waals surface area contributed by atoms with E-state index in [-0.39, 0.29) is 17.2 Å². The summed E-state index contributed by atoms with van der Waals surface area (Å²) in [5.74, 6) is 1.18. The van der Waals surface area contributed by atoms with Crippen LogP contribution in [0.4, 0.5) is 0 Å². The van der Waals surface area contributed by atoms with E-state index >= 15 is 0 Å². The van der Waals surface area contributed by atoms with Crippen molar-refractivity contribution in [2.24, 2.45) is 5.92 Å². The van der Waals surface area contributed by atoms with Crippen LogP contribution < -0.4 is 10.1 Å². The molecule has 0 saturated heterocycles. The lowest BCUT2D eigenvalue weighted by atomic mass is 9.78. The van der Waals surface area contributed by atoms with Crippen molar-refractivity contribution < 1.29 is 9.53 Å². The van der Waals surface area contributed by atoms with Gasteiger partial charge in [-0.1, -0.05) is 99.5 Å². The number of carbonyl (C=O) groups is 1. The number of hydrogen-bond donors (Lipinski definition) is 1. The van der Waals surface area contributed by atoms with E-state index in [1.807, 2.05) is 60.7 Å². The summed E-state index contributed by atoms with van der Waals surface area (Å²) in [5, 5.41) is 3.35. The minimum absolute atomic E-state index is 0.00976. The third-order valence-corrected chi connectivity index (χ3v) is 6.74. The first-order valence-corrected chi connectivity index (χ1v) is 12.2. The number of rotatable bonds is 9. The number of hydrogen-bond acceptors (Lipinski definition) is 2. The first kappa shape index (κ1) is 23.1. The number of benzene rings is 3. The van der Waals surface area contributed by atoms with Crippen LogP contribution in [0.15, 0.2) is 84.9 Å². The molecular formula is C30H35NO2. The van der Waals surface area contributed by atoms with Crippen LogP contribution in [0.2, 0.25) is 0 Å². The number of nitrogens with one attached hydrogen (secondary N) is 1. The van der Waals surface area contributed by atoms with Crippen molar-refractivity contribution in [2.45, 2.75) is 50.9 Å². The van der Waals surface area contributed by atoms with Gasteiger partial charge in [0.25, 0.3) is 0 Å². The maximum Gasteiger partial charge on any atom is 0.232 e. The van der Waals surface area contributed by atoms with Crippen LogP contribution in [0.3, 0.4) is 0 Å². The van der Waals surface area contributed by atoms with Crippen LogP contribution in [0.1, 0.15) is 62.1 Å². The lowest BCUT2D eigenvalue weighted by Crippen LogP contribution is -2.41. The van der Waals surface area contributed by atoms with Gasteiger partial charge in [-0.25, -0.2) is 0 Å². The fourth-order valence-corrected chi connectivity index (χ4v) is 4.93. The summed E-state index contributed by atoms with van der Waals surface area (Å²) in [5.41, 5.74) is 3.33. The molecule has 1 amide bonds. The normalized spacial score (nSPS) is 15.0. The summed E-state index contributed by atoms with van der Waals surface area (Å²) in [6.45, 7) is 5.69. The minimum Gasteiger partial charge on any atom is -0.493 e. The Morgan fingerprint density at radius 3 is 1.91 bits per heavy atom. The van der Waals surface area contributed by atoms with E-state index in [4.69, 9.17) is 4.74 Å². The minimum atomic E-state index is -0.308. The van der Waals surface area contributed by atoms with Gasteiger partial charge in [0.05, 0.1) is 12.5 Å². The summed E-state index contributed by atoms with van der Waals surface area (Å²) < 4.78 is 5.88. The summed E-state index contributed by atoms with van der Waals surface area (Å²) in [6, 6.07) is 28.7. The standard InChI is InChI=1S/C30H35NO2/c1-23(2)21-33-27-17-15-26(16-18-27)30(19-9-10-20-30)22-31-29(32)28(24-11-5-3-6-12-24)25-13-7-4-8-14-25/h3-8,11-18,23,28H,9-10,19-22H2,1-2H3,(H,31,32). The predicted molar refractivity (Wildman–Crippen MR) is 135 cm³/mol. The predicted octanol–water partition coefficient (Wildman–Crippen LogP) is 6.48. The quantitative estimate of drug-likeness (QED) is 0.413. The van der Waals surface area contributed by atoms with Gasteiger partial charge in [0.15, 0.2) is 0 Å². The number of ether oxygens (including phenoxy) is 1. The largest absolute Gasteiger partial charge is 0.493 e. The lowest BCUT2D eigenvalue weighted by molar-refractivity contribution is -0.122. The molecule has 1 aliphatic rings. The second-order valence-corrected chi connectivity index (χ2v) is 9.69. The first-order chi connectivity index (χ1) is 16.1. The molecule has 0 aliphatic heterocycles.